The van der Waals surface area contributed by atoms with Crippen LogP contribution in [0.1, 0.15) is 39.5 Å². The van der Waals surface area contributed by atoms with Crippen molar-refractivity contribution in [3.63, 3.8) is 0 Å². The van der Waals surface area contributed by atoms with Crippen molar-refractivity contribution in [1.82, 2.24) is 10.2 Å². The number of hydrogen-bond acceptors (Lipinski definition) is 4. The van der Waals surface area contributed by atoms with E-state index in [2.05, 4.69) is 24.1 Å². The van der Waals surface area contributed by atoms with Crippen LogP contribution in [0.2, 0.25) is 0 Å². The maximum Gasteiger partial charge on any atom is 0.0768 e. The number of hydrogen-bond donors (Lipinski definition) is 2. The second-order valence-electron chi connectivity index (χ2n) is 5.87. The lowest BCUT2D eigenvalue weighted by Gasteiger charge is -2.38. The number of piperidine rings is 1. The molecule has 1 aliphatic rings. The standard InChI is InChI=1S/C15H32N2O2/c1-4-15(18,5-2)13-17-9-6-7-14(12-17)11-16-8-10-19-3/h14,16,18H,4-13H2,1-3H3. The number of aliphatic hydroxyl groups is 1. The fraction of sp³-hybridized carbons (Fsp3) is 1.00. The molecule has 1 aliphatic heterocycles. The molecule has 0 aromatic carbocycles. The third-order valence-corrected chi connectivity index (χ3v) is 4.35. The van der Waals surface area contributed by atoms with Crippen LogP contribution in [0.15, 0.2) is 0 Å². The normalized spacial score (nSPS) is 21.8. The van der Waals surface area contributed by atoms with E-state index in [-0.39, 0.29) is 0 Å². The molecule has 0 spiro atoms. The first-order valence-corrected chi connectivity index (χ1v) is 7.78. The van der Waals surface area contributed by atoms with Crippen molar-refractivity contribution in [2.24, 2.45) is 5.92 Å². The second-order valence-corrected chi connectivity index (χ2v) is 5.87. The summed E-state index contributed by atoms with van der Waals surface area (Å²) in [5.41, 5.74) is -0.495. The molecule has 2 N–H and O–H groups in total. The van der Waals surface area contributed by atoms with Gasteiger partial charge >= 0.3 is 0 Å². The van der Waals surface area contributed by atoms with E-state index in [0.29, 0.717) is 5.92 Å². The van der Waals surface area contributed by atoms with Gasteiger partial charge in [-0.2, -0.15) is 0 Å². The zero-order valence-electron chi connectivity index (χ0n) is 13.0. The summed E-state index contributed by atoms with van der Waals surface area (Å²) in [6.07, 6.45) is 4.24. The molecule has 0 radical (unpaired) electrons. The molecule has 0 amide bonds. The third kappa shape index (κ3) is 6.21. The molecule has 19 heavy (non-hydrogen) atoms. The Kier molecular flexibility index (Phi) is 7.91. The molecule has 0 aromatic heterocycles. The van der Waals surface area contributed by atoms with Crippen molar-refractivity contribution < 1.29 is 9.84 Å². The first kappa shape index (κ1) is 16.9. The number of ether oxygens (including phenoxy) is 1. The summed E-state index contributed by atoms with van der Waals surface area (Å²) in [4.78, 5) is 2.44. The van der Waals surface area contributed by atoms with Crippen molar-refractivity contribution in [3.05, 3.63) is 0 Å². The molecule has 0 aliphatic carbocycles. The van der Waals surface area contributed by atoms with Gasteiger partial charge in [-0.15, -0.1) is 0 Å². The van der Waals surface area contributed by atoms with Crippen LogP contribution in [0.25, 0.3) is 0 Å². The van der Waals surface area contributed by atoms with E-state index >= 15 is 0 Å². The molecule has 1 atom stereocenters. The maximum absolute atomic E-state index is 10.4. The van der Waals surface area contributed by atoms with Crippen molar-refractivity contribution in [1.29, 1.82) is 0 Å². The highest BCUT2D eigenvalue weighted by Gasteiger charge is 2.28. The fourth-order valence-corrected chi connectivity index (χ4v) is 2.83. The largest absolute Gasteiger partial charge is 0.389 e. The molecule has 0 bridgehead atoms. The minimum Gasteiger partial charge on any atom is -0.389 e. The van der Waals surface area contributed by atoms with Gasteiger partial charge in [0, 0.05) is 26.7 Å². The predicted molar refractivity (Wildman–Crippen MR) is 79.4 cm³/mol. The van der Waals surface area contributed by atoms with Crippen LogP contribution in [0.3, 0.4) is 0 Å². The van der Waals surface area contributed by atoms with E-state index in [0.717, 1.165) is 52.2 Å². The number of likely N-dealkylation sites (tertiary alicyclic amines) is 1. The number of methoxy groups -OCH3 is 1. The van der Waals surface area contributed by atoms with Gasteiger partial charge in [0.2, 0.25) is 0 Å². The van der Waals surface area contributed by atoms with Gasteiger partial charge in [-0.3, -0.25) is 0 Å². The minimum atomic E-state index is -0.495. The zero-order chi connectivity index (χ0) is 14.1. The molecule has 1 unspecified atom stereocenters. The van der Waals surface area contributed by atoms with Crippen LogP contribution in [0.5, 0.6) is 0 Å². The minimum absolute atomic E-state index is 0.495. The molecule has 114 valence electrons. The third-order valence-electron chi connectivity index (χ3n) is 4.35. The van der Waals surface area contributed by atoms with Gasteiger partial charge in [0.15, 0.2) is 0 Å². The van der Waals surface area contributed by atoms with Crippen molar-refractivity contribution >= 4 is 0 Å². The lowest BCUT2D eigenvalue weighted by Crippen LogP contribution is -2.47. The van der Waals surface area contributed by atoms with Crippen molar-refractivity contribution in [2.75, 3.05) is 46.4 Å². The van der Waals surface area contributed by atoms with E-state index in [4.69, 9.17) is 4.74 Å². The summed E-state index contributed by atoms with van der Waals surface area (Å²) >= 11 is 0. The summed E-state index contributed by atoms with van der Waals surface area (Å²) in [7, 11) is 1.74. The van der Waals surface area contributed by atoms with E-state index in [1.54, 1.807) is 7.11 Å². The van der Waals surface area contributed by atoms with Gasteiger partial charge < -0.3 is 20.1 Å². The van der Waals surface area contributed by atoms with Crippen LogP contribution in [-0.2, 0) is 4.74 Å². The molecule has 1 rings (SSSR count). The summed E-state index contributed by atoms with van der Waals surface area (Å²) < 4.78 is 5.04. The number of rotatable bonds is 9. The lowest BCUT2D eigenvalue weighted by molar-refractivity contribution is -0.0136. The number of β-amino-alcohol motifs (C(OH)–C–C–N with tert-alkyl or cyclic N) is 1. The van der Waals surface area contributed by atoms with E-state index in [1.165, 1.54) is 12.8 Å². The SMILES string of the molecule is CCC(O)(CC)CN1CCCC(CNCCOC)C1. The molecule has 4 heteroatoms. The molecule has 1 fully saturated rings. The Labute approximate surface area is 118 Å². The maximum atomic E-state index is 10.4. The summed E-state index contributed by atoms with van der Waals surface area (Å²) in [6.45, 7) is 10.0. The van der Waals surface area contributed by atoms with Gasteiger partial charge in [-0.1, -0.05) is 13.8 Å². The van der Waals surface area contributed by atoms with Crippen LogP contribution in [0, 0.1) is 5.92 Å². The number of nitrogens with one attached hydrogen (secondary N) is 1. The van der Waals surface area contributed by atoms with Crippen LogP contribution in [0.4, 0.5) is 0 Å². The Balaban J connectivity index is 2.29. The second kappa shape index (κ2) is 8.90. The number of nitrogens with zero attached hydrogens (tertiary/aromatic N) is 1. The topological polar surface area (TPSA) is 44.7 Å². The van der Waals surface area contributed by atoms with Gasteiger partial charge in [0.05, 0.1) is 12.2 Å². The van der Waals surface area contributed by atoms with Crippen LogP contribution < -0.4 is 5.32 Å². The van der Waals surface area contributed by atoms with E-state index < -0.39 is 5.60 Å². The average molecular weight is 272 g/mol. The predicted octanol–water partition coefficient (Wildman–Crippen LogP) is 1.49. The van der Waals surface area contributed by atoms with E-state index in [1.807, 2.05) is 0 Å². The van der Waals surface area contributed by atoms with Gasteiger partial charge in [0.1, 0.15) is 0 Å². The molecule has 0 aromatic rings. The Morgan fingerprint density at radius 2 is 2.11 bits per heavy atom. The molecule has 1 heterocycles. The zero-order valence-corrected chi connectivity index (χ0v) is 13.0. The van der Waals surface area contributed by atoms with Crippen molar-refractivity contribution in [2.45, 2.75) is 45.1 Å². The van der Waals surface area contributed by atoms with E-state index in [9.17, 15) is 5.11 Å². The summed E-state index contributed by atoms with van der Waals surface area (Å²) in [6, 6.07) is 0. The van der Waals surface area contributed by atoms with Gasteiger partial charge in [0.25, 0.3) is 0 Å². The Hall–Kier alpha value is -0.160. The van der Waals surface area contributed by atoms with Gasteiger partial charge in [-0.05, 0) is 44.7 Å². The molecule has 0 saturated carbocycles. The lowest BCUT2D eigenvalue weighted by atomic mass is 9.93. The Bertz CT molecular complexity index is 232. The fourth-order valence-electron chi connectivity index (χ4n) is 2.83. The van der Waals surface area contributed by atoms with Crippen LogP contribution in [-0.4, -0.2) is 62.0 Å². The molecule has 1 saturated heterocycles. The van der Waals surface area contributed by atoms with Gasteiger partial charge in [-0.25, -0.2) is 0 Å². The summed E-state index contributed by atoms with van der Waals surface area (Å²) in [5, 5.41) is 13.9. The summed E-state index contributed by atoms with van der Waals surface area (Å²) in [5.74, 6) is 0.712. The van der Waals surface area contributed by atoms with Crippen molar-refractivity contribution in [3.8, 4) is 0 Å². The first-order chi connectivity index (χ1) is 9.13. The molecular weight excluding hydrogens is 240 g/mol. The monoisotopic (exact) mass is 272 g/mol. The highest BCUT2D eigenvalue weighted by atomic mass is 16.5. The highest BCUT2D eigenvalue weighted by Crippen LogP contribution is 2.21. The average Bonchev–Trinajstić information content (AvgIpc) is 2.44. The quantitative estimate of drug-likeness (QED) is 0.624. The molecule has 4 nitrogen and oxygen atoms in total. The Morgan fingerprint density at radius 3 is 2.74 bits per heavy atom. The highest BCUT2D eigenvalue weighted by molar-refractivity contribution is 4.83. The Morgan fingerprint density at radius 1 is 1.37 bits per heavy atom. The van der Waals surface area contributed by atoms with Crippen LogP contribution >= 0.6 is 0 Å². The first-order valence-electron chi connectivity index (χ1n) is 7.78. The smallest absolute Gasteiger partial charge is 0.0768 e. The molecular formula is C15H32N2O2.